The van der Waals surface area contributed by atoms with Crippen molar-refractivity contribution in [2.75, 3.05) is 10.7 Å². The number of nitrogen functional groups attached to an aromatic ring is 1. The number of halogens is 2. The molecule has 0 aliphatic heterocycles. The minimum atomic E-state index is -0.320. The zero-order valence-corrected chi connectivity index (χ0v) is 10.2. The van der Waals surface area contributed by atoms with Crippen LogP contribution in [0.4, 0.5) is 21.7 Å². The van der Waals surface area contributed by atoms with E-state index in [-0.39, 0.29) is 5.82 Å². The topological polar surface area (TPSA) is 75.9 Å². The van der Waals surface area contributed by atoms with E-state index >= 15 is 0 Å². The molecule has 0 atom stereocenters. The van der Waals surface area contributed by atoms with Crippen molar-refractivity contribution in [3.63, 3.8) is 0 Å². The minimum Gasteiger partial charge on any atom is -0.339 e. The molecule has 0 unspecified atom stereocenters. The number of hydrogen-bond acceptors (Lipinski definition) is 5. The summed E-state index contributed by atoms with van der Waals surface area (Å²) < 4.78 is 13.4. The Morgan fingerprint density at radius 1 is 1.24 bits per heavy atom. The van der Waals surface area contributed by atoms with E-state index in [0.717, 1.165) is 0 Å². The van der Waals surface area contributed by atoms with Gasteiger partial charge in [0.25, 0.3) is 0 Å². The number of anilines is 3. The van der Waals surface area contributed by atoms with Crippen molar-refractivity contribution in [2.24, 2.45) is 5.84 Å². The van der Waals surface area contributed by atoms with Crippen molar-refractivity contribution in [1.82, 2.24) is 9.97 Å². The molecule has 0 saturated carbocycles. The molecule has 0 aliphatic rings. The van der Waals surface area contributed by atoms with Gasteiger partial charge in [-0.15, -0.1) is 0 Å². The van der Waals surface area contributed by atoms with E-state index in [1.165, 1.54) is 18.5 Å². The first-order valence-corrected chi connectivity index (χ1v) is 5.49. The summed E-state index contributed by atoms with van der Waals surface area (Å²) in [5.41, 5.74) is 3.09. The average molecular weight is 298 g/mol. The van der Waals surface area contributed by atoms with E-state index in [9.17, 15) is 4.39 Å². The van der Waals surface area contributed by atoms with Crippen molar-refractivity contribution in [3.05, 3.63) is 40.9 Å². The highest BCUT2D eigenvalue weighted by Gasteiger charge is 2.02. The molecule has 2 rings (SSSR count). The molecule has 1 aromatic heterocycles. The summed E-state index contributed by atoms with van der Waals surface area (Å²) >= 11 is 3.10. The Kier molecular flexibility index (Phi) is 3.50. The van der Waals surface area contributed by atoms with Crippen LogP contribution >= 0.6 is 15.9 Å². The zero-order valence-electron chi connectivity index (χ0n) is 8.61. The van der Waals surface area contributed by atoms with Crippen molar-refractivity contribution < 1.29 is 4.39 Å². The molecule has 1 aromatic carbocycles. The molecule has 0 amide bonds. The number of hydrazine groups is 1. The molecule has 88 valence electrons. The first kappa shape index (κ1) is 11.7. The van der Waals surface area contributed by atoms with Gasteiger partial charge in [-0.1, -0.05) is 0 Å². The first-order chi connectivity index (χ1) is 8.19. The highest BCUT2D eigenvalue weighted by atomic mass is 79.9. The molecular weight excluding hydrogens is 289 g/mol. The summed E-state index contributed by atoms with van der Waals surface area (Å²) in [6, 6.07) is 4.56. The normalized spacial score (nSPS) is 10.1. The van der Waals surface area contributed by atoms with Crippen molar-refractivity contribution in [2.45, 2.75) is 0 Å². The third-order valence-corrected chi connectivity index (χ3v) is 2.58. The lowest BCUT2D eigenvalue weighted by Crippen LogP contribution is -2.09. The van der Waals surface area contributed by atoms with Gasteiger partial charge in [-0.25, -0.2) is 15.2 Å². The van der Waals surface area contributed by atoms with E-state index in [0.29, 0.717) is 21.8 Å². The van der Waals surface area contributed by atoms with Crippen LogP contribution < -0.4 is 16.6 Å². The van der Waals surface area contributed by atoms with Crippen molar-refractivity contribution in [1.29, 1.82) is 0 Å². The quantitative estimate of drug-likeness (QED) is 0.599. The van der Waals surface area contributed by atoms with Crippen LogP contribution in [0.2, 0.25) is 0 Å². The van der Waals surface area contributed by atoms with E-state index in [1.54, 1.807) is 12.1 Å². The predicted molar refractivity (Wildman–Crippen MR) is 67.2 cm³/mol. The van der Waals surface area contributed by atoms with E-state index in [1.807, 2.05) is 0 Å². The third-order valence-electron chi connectivity index (χ3n) is 1.97. The Balaban J connectivity index is 2.22. The maximum absolute atomic E-state index is 13.0. The Labute approximate surface area is 105 Å². The molecule has 0 bridgehead atoms. The van der Waals surface area contributed by atoms with Gasteiger partial charge in [-0.3, -0.25) is 4.98 Å². The van der Waals surface area contributed by atoms with Crippen molar-refractivity contribution >= 4 is 33.3 Å². The predicted octanol–water partition coefficient (Wildman–Crippen LogP) is 2.41. The van der Waals surface area contributed by atoms with Crippen molar-refractivity contribution in [3.8, 4) is 0 Å². The molecule has 5 nitrogen and oxygen atoms in total. The van der Waals surface area contributed by atoms with Crippen LogP contribution in [0, 0.1) is 5.82 Å². The van der Waals surface area contributed by atoms with Gasteiger partial charge < -0.3 is 10.7 Å². The van der Waals surface area contributed by atoms with Crippen LogP contribution in [0.25, 0.3) is 0 Å². The summed E-state index contributed by atoms with van der Waals surface area (Å²) in [7, 11) is 0. The molecule has 0 aliphatic carbocycles. The second-order valence-electron chi connectivity index (χ2n) is 3.19. The molecule has 0 spiro atoms. The van der Waals surface area contributed by atoms with Gasteiger partial charge in [0.1, 0.15) is 5.82 Å². The molecule has 4 N–H and O–H groups in total. The number of nitrogens with two attached hydrogens (primary N) is 1. The van der Waals surface area contributed by atoms with Gasteiger partial charge in [0, 0.05) is 5.69 Å². The fourth-order valence-electron chi connectivity index (χ4n) is 1.22. The molecule has 2 aromatic rings. The molecule has 0 fully saturated rings. The molecule has 7 heteroatoms. The molecular formula is C10H9BrFN5. The summed E-state index contributed by atoms with van der Waals surface area (Å²) in [6.07, 6.45) is 3.03. The number of nitrogens with one attached hydrogen (secondary N) is 2. The second kappa shape index (κ2) is 5.07. The summed E-state index contributed by atoms with van der Waals surface area (Å²) in [5.74, 6) is 5.85. The highest BCUT2D eigenvalue weighted by molar-refractivity contribution is 9.10. The largest absolute Gasteiger partial charge is 0.339 e. The van der Waals surface area contributed by atoms with E-state index in [4.69, 9.17) is 5.84 Å². The summed E-state index contributed by atoms with van der Waals surface area (Å²) in [5, 5.41) is 2.98. The lowest BCUT2D eigenvalue weighted by atomic mass is 10.3. The van der Waals surface area contributed by atoms with Crippen LogP contribution in [0.5, 0.6) is 0 Å². The molecule has 17 heavy (non-hydrogen) atoms. The highest BCUT2D eigenvalue weighted by Crippen LogP contribution is 2.22. The fourth-order valence-corrected chi connectivity index (χ4v) is 1.60. The van der Waals surface area contributed by atoms with Gasteiger partial charge in [-0.2, -0.15) is 0 Å². The SMILES string of the molecule is NNc1cncc(Nc2ccc(F)c(Br)c2)n1. The van der Waals surface area contributed by atoms with Gasteiger partial charge >= 0.3 is 0 Å². The van der Waals surface area contributed by atoms with Crippen LogP contribution in [0.3, 0.4) is 0 Å². The summed E-state index contributed by atoms with van der Waals surface area (Å²) in [6.45, 7) is 0. The number of aromatic nitrogens is 2. The van der Waals surface area contributed by atoms with Crippen LogP contribution in [-0.4, -0.2) is 9.97 Å². The maximum Gasteiger partial charge on any atom is 0.160 e. The first-order valence-electron chi connectivity index (χ1n) is 4.70. The lowest BCUT2D eigenvalue weighted by molar-refractivity contribution is 0.621. The Bertz CT molecular complexity index is 534. The second-order valence-corrected chi connectivity index (χ2v) is 4.04. The van der Waals surface area contributed by atoms with E-state index < -0.39 is 0 Å². The molecule has 0 saturated heterocycles. The molecule has 1 heterocycles. The van der Waals surface area contributed by atoms with Crippen LogP contribution in [-0.2, 0) is 0 Å². The van der Waals surface area contributed by atoms with Crippen LogP contribution in [0.1, 0.15) is 0 Å². The Hall–Kier alpha value is -1.73. The van der Waals surface area contributed by atoms with Gasteiger partial charge in [-0.05, 0) is 34.1 Å². The Morgan fingerprint density at radius 3 is 2.71 bits per heavy atom. The third kappa shape index (κ3) is 2.89. The van der Waals surface area contributed by atoms with Gasteiger partial charge in [0.15, 0.2) is 11.6 Å². The maximum atomic E-state index is 13.0. The van der Waals surface area contributed by atoms with E-state index in [2.05, 4.69) is 36.6 Å². The van der Waals surface area contributed by atoms with Crippen LogP contribution in [0.15, 0.2) is 35.1 Å². The monoisotopic (exact) mass is 297 g/mol. The smallest absolute Gasteiger partial charge is 0.160 e. The number of rotatable bonds is 3. The Morgan fingerprint density at radius 2 is 2.00 bits per heavy atom. The zero-order chi connectivity index (χ0) is 12.3. The summed E-state index contributed by atoms with van der Waals surface area (Å²) in [4.78, 5) is 8.06. The molecule has 0 radical (unpaired) electrons. The number of hydrogen-bond donors (Lipinski definition) is 3. The minimum absolute atomic E-state index is 0.320. The number of nitrogens with zero attached hydrogens (tertiary/aromatic N) is 2. The van der Waals surface area contributed by atoms with Gasteiger partial charge in [0.05, 0.1) is 16.9 Å². The number of benzene rings is 1. The standard InChI is InChI=1S/C10H9BrFN5/c11-7-3-6(1-2-8(7)12)15-9-4-14-5-10(16-9)17-13/h1-5H,13H2,(H2,15,16,17). The average Bonchev–Trinajstić information content (AvgIpc) is 2.34. The van der Waals surface area contributed by atoms with Gasteiger partial charge in [0.2, 0.25) is 0 Å². The lowest BCUT2D eigenvalue weighted by Gasteiger charge is -2.07. The fraction of sp³-hybridized carbons (Fsp3) is 0.